The molecule has 3 heteroatoms. The van der Waals surface area contributed by atoms with Crippen molar-refractivity contribution in [1.82, 2.24) is 5.32 Å². The van der Waals surface area contributed by atoms with Gasteiger partial charge in [-0.3, -0.25) is 4.79 Å². The Balaban J connectivity index is 1.63. The molecule has 2 rings (SSSR count). The molecule has 96 valence electrons. The van der Waals surface area contributed by atoms with Crippen molar-refractivity contribution in [2.24, 2.45) is 0 Å². The molecular formula is C14H23NO2. The molecule has 0 saturated carbocycles. The van der Waals surface area contributed by atoms with Gasteiger partial charge < -0.3 is 10.1 Å². The second-order valence-electron chi connectivity index (χ2n) is 4.97. The van der Waals surface area contributed by atoms with Crippen LogP contribution < -0.4 is 5.32 Å². The summed E-state index contributed by atoms with van der Waals surface area (Å²) < 4.78 is 5.76. The fourth-order valence-electron chi connectivity index (χ4n) is 2.53. The summed E-state index contributed by atoms with van der Waals surface area (Å²) in [7, 11) is 0. The Hall–Kier alpha value is -0.670. The standard InChI is InChI=1S/C14H23NO2/c16-14(12-4-2-1-3-5-12)8-11-17-13-6-9-15-10-7-13/h4,13,15H,1-3,5-11H2. The fraction of sp³-hybridized carbons (Fsp3) is 0.786. The first kappa shape index (κ1) is 12.8. The second kappa shape index (κ2) is 6.92. The number of rotatable bonds is 5. The Bertz CT molecular complexity index is 280. The van der Waals surface area contributed by atoms with Crippen molar-refractivity contribution in [3.8, 4) is 0 Å². The summed E-state index contributed by atoms with van der Waals surface area (Å²) >= 11 is 0. The van der Waals surface area contributed by atoms with E-state index < -0.39 is 0 Å². The second-order valence-corrected chi connectivity index (χ2v) is 4.97. The van der Waals surface area contributed by atoms with Gasteiger partial charge in [-0.1, -0.05) is 6.08 Å². The van der Waals surface area contributed by atoms with Crippen LogP contribution in [0.2, 0.25) is 0 Å². The summed E-state index contributed by atoms with van der Waals surface area (Å²) in [5, 5.41) is 3.31. The largest absolute Gasteiger partial charge is 0.378 e. The lowest BCUT2D eigenvalue weighted by molar-refractivity contribution is -0.117. The highest BCUT2D eigenvalue weighted by Gasteiger charge is 2.15. The summed E-state index contributed by atoms with van der Waals surface area (Å²) in [4.78, 5) is 11.9. The van der Waals surface area contributed by atoms with Gasteiger partial charge in [-0.15, -0.1) is 0 Å². The minimum absolute atomic E-state index is 0.304. The third-order valence-electron chi connectivity index (χ3n) is 3.62. The van der Waals surface area contributed by atoms with Crippen LogP contribution in [0.4, 0.5) is 0 Å². The summed E-state index contributed by atoms with van der Waals surface area (Å²) in [6.07, 6.45) is 9.68. The molecule has 17 heavy (non-hydrogen) atoms. The number of Topliss-reactive ketones (excluding diaryl/α,β-unsaturated/α-hetero) is 1. The van der Waals surface area contributed by atoms with E-state index >= 15 is 0 Å². The van der Waals surface area contributed by atoms with E-state index in [4.69, 9.17) is 4.74 Å². The number of piperidine rings is 1. The zero-order chi connectivity index (χ0) is 11.9. The first-order chi connectivity index (χ1) is 8.36. The highest BCUT2D eigenvalue weighted by atomic mass is 16.5. The molecule has 1 fully saturated rings. The van der Waals surface area contributed by atoms with Gasteiger partial charge in [0.15, 0.2) is 5.78 Å². The topological polar surface area (TPSA) is 38.3 Å². The van der Waals surface area contributed by atoms with Crippen molar-refractivity contribution in [3.63, 3.8) is 0 Å². The highest BCUT2D eigenvalue weighted by molar-refractivity contribution is 5.95. The molecule has 0 spiro atoms. The first-order valence-corrected chi connectivity index (χ1v) is 6.91. The van der Waals surface area contributed by atoms with Gasteiger partial charge in [0, 0.05) is 6.42 Å². The van der Waals surface area contributed by atoms with Gasteiger partial charge in [-0.05, 0) is 57.2 Å². The number of nitrogens with one attached hydrogen (secondary N) is 1. The van der Waals surface area contributed by atoms with Gasteiger partial charge >= 0.3 is 0 Å². The molecule has 1 N–H and O–H groups in total. The van der Waals surface area contributed by atoms with Crippen molar-refractivity contribution in [1.29, 1.82) is 0 Å². The van der Waals surface area contributed by atoms with Gasteiger partial charge in [0.05, 0.1) is 12.7 Å². The third-order valence-corrected chi connectivity index (χ3v) is 3.62. The molecule has 1 aliphatic heterocycles. The van der Waals surface area contributed by atoms with Crippen LogP contribution >= 0.6 is 0 Å². The molecule has 0 amide bonds. The van der Waals surface area contributed by atoms with Crippen molar-refractivity contribution >= 4 is 5.78 Å². The minimum Gasteiger partial charge on any atom is -0.378 e. The summed E-state index contributed by atoms with van der Waals surface area (Å²) in [6.45, 7) is 2.69. The number of ether oxygens (including phenoxy) is 1. The van der Waals surface area contributed by atoms with Crippen molar-refractivity contribution in [2.75, 3.05) is 19.7 Å². The molecule has 0 bridgehead atoms. The third kappa shape index (κ3) is 4.25. The molecule has 0 aromatic rings. The minimum atomic E-state index is 0.304. The molecule has 1 saturated heterocycles. The van der Waals surface area contributed by atoms with Crippen molar-refractivity contribution < 1.29 is 9.53 Å². The van der Waals surface area contributed by atoms with Gasteiger partial charge in [-0.25, -0.2) is 0 Å². The smallest absolute Gasteiger partial charge is 0.160 e. The van der Waals surface area contributed by atoms with Crippen LogP contribution in [0, 0.1) is 0 Å². The quantitative estimate of drug-likeness (QED) is 0.796. The SMILES string of the molecule is O=C(CCOC1CCNCC1)C1=CCCCC1. The fourth-order valence-corrected chi connectivity index (χ4v) is 2.53. The number of carbonyl (C=O) groups excluding carboxylic acids is 1. The van der Waals surface area contributed by atoms with Gasteiger partial charge in [-0.2, -0.15) is 0 Å². The molecule has 0 atom stereocenters. The Morgan fingerprint density at radius 3 is 2.88 bits per heavy atom. The molecule has 3 nitrogen and oxygen atoms in total. The number of ketones is 1. The van der Waals surface area contributed by atoms with Crippen LogP contribution in [0.3, 0.4) is 0 Å². The summed E-state index contributed by atoms with van der Waals surface area (Å²) in [5.74, 6) is 0.304. The van der Waals surface area contributed by atoms with E-state index in [9.17, 15) is 4.79 Å². The van der Waals surface area contributed by atoms with Crippen LogP contribution in [0.5, 0.6) is 0 Å². The maximum atomic E-state index is 11.9. The Kier molecular flexibility index (Phi) is 5.20. The molecule has 0 unspecified atom stereocenters. The number of hydrogen-bond donors (Lipinski definition) is 1. The Morgan fingerprint density at radius 1 is 1.35 bits per heavy atom. The lowest BCUT2D eigenvalue weighted by Gasteiger charge is -2.23. The van der Waals surface area contributed by atoms with E-state index in [1.165, 1.54) is 12.8 Å². The predicted molar refractivity (Wildman–Crippen MR) is 68.0 cm³/mol. The lowest BCUT2D eigenvalue weighted by Crippen LogP contribution is -2.32. The van der Waals surface area contributed by atoms with E-state index in [-0.39, 0.29) is 0 Å². The molecular weight excluding hydrogens is 214 g/mol. The molecule has 0 aromatic heterocycles. The zero-order valence-corrected chi connectivity index (χ0v) is 10.5. The first-order valence-electron chi connectivity index (χ1n) is 6.91. The van der Waals surface area contributed by atoms with Crippen molar-refractivity contribution in [3.05, 3.63) is 11.6 Å². The molecule has 1 heterocycles. The van der Waals surface area contributed by atoms with Gasteiger partial charge in [0.25, 0.3) is 0 Å². The molecule has 2 aliphatic rings. The average molecular weight is 237 g/mol. The van der Waals surface area contributed by atoms with Gasteiger partial charge in [0.2, 0.25) is 0 Å². The Labute approximate surface area is 104 Å². The van der Waals surface area contributed by atoms with Crippen LogP contribution in [0.15, 0.2) is 11.6 Å². The maximum absolute atomic E-state index is 11.9. The number of carbonyl (C=O) groups is 1. The average Bonchev–Trinajstić information content (AvgIpc) is 2.41. The summed E-state index contributed by atoms with van der Waals surface area (Å²) in [6, 6.07) is 0. The number of allylic oxidation sites excluding steroid dienone is 2. The Morgan fingerprint density at radius 2 is 2.18 bits per heavy atom. The highest BCUT2D eigenvalue weighted by Crippen LogP contribution is 2.19. The van der Waals surface area contributed by atoms with E-state index in [2.05, 4.69) is 11.4 Å². The molecule has 0 radical (unpaired) electrons. The molecule has 1 aliphatic carbocycles. The van der Waals surface area contributed by atoms with Crippen LogP contribution in [0.25, 0.3) is 0 Å². The van der Waals surface area contributed by atoms with Crippen molar-refractivity contribution in [2.45, 2.75) is 51.0 Å². The van der Waals surface area contributed by atoms with E-state index in [1.807, 2.05) is 0 Å². The van der Waals surface area contributed by atoms with Crippen LogP contribution in [-0.4, -0.2) is 31.6 Å². The lowest BCUT2D eigenvalue weighted by atomic mass is 9.95. The van der Waals surface area contributed by atoms with E-state index in [1.54, 1.807) is 0 Å². The van der Waals surface area contributed by atoms with Gasteiger partial charge in [0.1, 0.15) is 0 Å². The van der Waals surface area contributed by atoms with Crippen LogP contribution in [-0.2, 0) is 9.53 Å². The summed E-state index contributed by atoms with van der Waals surface area (Å²) in [5.41, 5.74) is 1.05. The maximum Gasteiger partial charge on any atom is 0.160 e. The van der Waals surface area contributed by atoms with E-state index in [0.29, 0.717) is 24.9 Å². The normalized spacial score (nSPS) is 22.2. The van der Waals surface area contributed by atoms with E-state index in [0.717, 1.165) is 44.3 Å². The van der Waals surface area contributed by atoms with Crippen LogP contribution in [0.1, 0.15) is 44.9 Å². The zero-order valence-electron chi connectivity index (χ0n) is 10.5. The monoisotopic (exact) mass is 237 g/mol. The molecule has 0 aromatic carbocycles. The number of hydrogen-bond acceptors (Lipinski definition) is 3. The predicted octanol–water partition coefficient (Wildman–Crippen LogP) is 2.21.